The zero-order valence-corrected chi connectivity index (χ0v) is 19.0. The molecular weight excluding hydrogens is 384 g/mol. The molecule has 0 aliphatic heterocycles. The van der Waals surface area contributed by atoms with Crippen molar-refractivity contribution < 1.29 is 9.53 Å². The second-order valence-corrected chi connectivity index (χ2v) is 8.03. The fourth-order valence-electron chi connectivity index (χ4n) is 4.04. The average Bonchev–Trinajstić information content (AvgIpc) is 3.22. The minimum atomic E-state index is -0.122. The van der Waals surface area contributed by atoms with Gasteiger partial charge in [0, 0.05) is 38.7 Å². The van der Waals surface area contributed by atoms with Gasteiger partial charge in [-0.1, -0.05) is 61.5 Å². The first-order chi connectivity index (χ1) is 15.1. The van der Waals surface area contributed by atoms with E-state index in [1.165, 1.54) is 11.1 Å². The number of benzene rings is 2. The molecule has 3 rings (SSSR count). The number of hydrogen-bond acceptors (Lipinski definition) is 2. The molecule has 1 aromatic heterocycles. The van der Waals surface area contributed by atoms with E-state index in [0.29, 0.717) is 19.7 Å². The number of carbonyl (C=O) groups excluding carboxylic acids is 1. The molecule has 4 heteroatoms. The Morgan fingerprint density at radius 2 is 1.77 bits per heavy atom. The van der Waals surface area contributed by atoms with Crippen molar-refractivity contribution in [3.63, 3.8) is 0 Å². The third-order valence-electron chi connectivity index (χ3n) is 5.87. The summed E-state index contributed by atoms with van der Waals surface area (Å²) < 4.78 is 7.50. The number of nitrogens with zero attached hydrogens (tertiary/aromatic N) is 2. The summed E-state index contributed by atoms with van der Waals surface area (Å²) in [5, 5.41) is 0. The summed E-state index contributed by atoms with van der Waals surface area (Å²) in [5.74, 6) is 0.0666. The predicted octanol–water partition coefficient (Wildman–Crippen LogP) is 5.40. The predicted molar refractivity (Wildman–Crippen MR) is 126 cm³/mol. The Morgan fingerprint density at radius 3 is 2.48 bits per heavy atom. The second kappa shape index (κ2) is 11.5. The molecule has 0 N–H and O–H groups in total. The smallest absolute Gasteiger partial charge is 0.230 e. The Hall–Kier alpha value is -2.85. The van der Waals surface area contributed by atoms with Crippen molar-refractivity contribution >= 4 is 5.91 Å². The Labute approximate surface area is 186 Å². The van der Waals surface area contributed by atoms with Crippen molar-refractivity contribution in [1.29, 1.82) is 0 Å². The van der Waals surface area contributed by atoms with Gasteiger partial charge in [-0.05, 0) is 48.6 Å². The molecule has 0 spiro atoms. The van der Waals surface area contributed by atoms with Gasteiger partial charge in [0.05, 0.1) is 12.5 Å². The van der Waals surface area contributed by atoms with Crippen LogP contribution < -0.4 is 0 Å². The molecule has 1 heterocycles. The molecule has 0 fully saturated rings. The number of hydrogen-bond donors (Lipinski definition) is 0. The molecule has 31 heavy (non-hydrogen) atoms. The van der Waals surface area contributed by atoms with Gasteiger partial charge >= 0.3 is 0 Å². The first-order valence-corrected chi connectivity index (χ1v) is 11.1. The SMILES string of the molecule is CC[C@H](C(=O)N(CCCOC)Cc1cccn1Cc1ccccc1C)c1ccccc1. The molecule has 2 aromatic carbocycles. The maximum Gasteiger partial charge on any atom is 0.230 e. The summed E-state index contributed by atoms with van der Waals surface area (Å²) in [6.07, 6.45) is 3.72. The van der Waals surface area contributed by atoms with Crippen LogP contribution in [0.15, 0.2) is 72.9 Å². The molecular formula is C27H34N2O2. The molecule has 3 aromatic rings. The van der Waals surface area contributed by atoms with Crippen LogP contribution in [0.1, 0.15) is 48.1 Å². The van der Waals surface area contributed by atoms with E-state index in [4.69, 9.17) is 4.74 Å². The highest BCUT2D eigenvalue weighted by Gasteiger charge is 2.25. The van der Waals surface area contributed by atoms with Crippen LogP contribution in [-0.4, -0.2) is 35.6 Å². The second-order valence-electron chi connectivity index (χ2n) is 8.03. The fourth-order valence-corrected chi connectivity index (χ4v) is 4.04. The maximum atomic E-state index is 13.6. The molecule has 0 aliphatic carbocycles. The highest BCUT2D eigenvalue weighted by Crippen LogP contribution is 2.24. The molecule has 0 saturated heterocycles. The van der Waals surface area contributed by atoms with Gasteiger partial charge in [-0.15, -0.1) is 0 Å². The van der Waals surface area contributed by atoms with Crippen molar-refractivity contribution in [1.82, 2.24) is 9.47 Å². The van der Waals surface area contributed by atoms with E-state index in [2.05, 4.69) is 73.1 Å². The Balaban J connectivity index is 1.81. The molecule has 0 unspecified atom stereocenters. The van der Waals surface area contributed by atoms with Gasteiger partial charge in [0.25, 0.3) is 0 Å². The Bertz CT molecular complexity index is 949. The summed E-state index contributed by atoms with van der Waals surface area (Å²) >= 11 is 0. The van der Waals surface area contributed by atoms with Crippen LogP contribution in [0, 0.1) is 6.92 Å². The van der Waals surface area contributed by atoms with E-state index in [9.17, 15) is 4.79 Å². The van der Waals surface area contributed by atoms with Crippen LogP contribution in [0.3, 0.4) is 0 Å². The lowest BCUT2D eigenvalue weighted by Crippen LogP contribution is -2.36. The normalized spacial score (nSPS) is 12.0. The molecule has 1 amide bonds. The molecule has 4 nitrogen and oxygen atoms in total. The summed E-state index contributed by atoms with van der Waals surface area (Å²) in [4.78, 5) is 15.6. The van der Waals surface area contributed by atoms with Crippen LogP contribution >= 0.6 is 0 Å². The standard InChI is InChI=1S/C27H34N2O2/c1-4-26(23-13-6-5-7-14-23)27(30)29(18-11-19-31-3)21-25-16-10-17-28(25)20-24-15-9-8-12-22(24)2/h5-10,12-17,26H,4,11,18-21H2,1-3H3/t26-/m0/s1. The number of ether oxygens (including phenoxy) is 1. The van der Waals surface area contributed by atoms with Crippen molar-refractivity contribution in [2.75, 3.05) is 20.3 Å². The van der Waals surface area contributed by atoms with Gasteiger partial charge in [0.2, 0.25) is 5.91 Å². The topological polar surface area (TPSA) is 34.5 Å². The van der Waals surface area contributed by atoms with Gasteiger partial charge in [0.15, 0.2) is 0 Å². The quantitative estimate of drug-likeness (QED) is 0.391. The van der Waals surface area contributed by atoms with Crippen molar-refractivity contribution in [2.45, 2.75) is 45.7 Å². The number of aryl methyl sites for hydroxylation is 1. The van der Waals surface area contributed by atoms with E-state index >= 15 is 0 Å². The molecule has 164 valence electrons. The summed E-state index contributed by atoms with van der Waals surface area (Å²) in [6, 6.07) is 22.8. The molecule has 0 aliphatic rings. The minimum Gasteiger partial charge on any atom is -0.385 e. The van der Waals surface area contributed by atoms with Crippen LogP contribution in [-0.2, 0) is 22.6 Å². The zero-order valence-electron chi connectivity index (χ0n) is 19.0. The van der Waals surface area contributed by atoms with Gasteiger partial charge < -0.3 is 14.2 Å². The van der Waals surface area contributed by atoms with Crippen molar-refractivity contribution in [2.24, 2.45) is 0 Å². The molecule has 0 saturated carbocycles. The minimum absolute atomic E-state index is 0.122. The van der Waals surface area contributed by atoms with Crippen molar-refractivity contribution in [3.05, 3.63) is 95.3 Å². The summed E-state index contributed by atoms with van der Waals surface area (Å²) in [5.41, 5.74) is 4.82. The highest BCUT2D eigenvalue weighted by atomic mass is 16.5. The van der Waals surface area contributed by atoms with Crippen LogP contribution in [0.5, 0.6) is 0 Å². The zero-order chi connectivity index (χ0) is 22.1. The summed E-state index contributed by atoms with van der Waals surface area (Å²) in [7, 11) is 1.71. The Kier molecular flexibility index (Phi) is 8.48. The highest BCUT2D eigenvalue weighted by molar-refractivity contribution is 5.83. The number of rotatable bonds is 11. The van der Waals surface area contributed by atoms with Crippen LogP contribution in [0.2, 0.25) is 0 Å². The van der Waals surface area contributed by atoms with Gasteiger partial charge in [-0.25, -0.2) is 0 Å². The third-order valence-corrected chi connectivity index (χ3v) is 5.87. The number of methoxy groups -OCH3 is 1. The lowest BCUT2D eigenvalue weighted by molar-refractivity contribution is -0.133. The van der Waals surface area contributed by atoms with E-state index < -0.39 is 0 Å². The Morgan fingerprint density at radius 1 is 1.03 bits per heavy atom. The fraction of sp³-hybridized carbons (Fsp3) is 0.370. The van der Waals surface area contributed by atoms with E-state index in [0.717, 1.165) is 30.6 Å². The van der Waals surface area contributed by atoms with E-state index in [1.807, 2.05) is 23.1 Å². The van der Waals surface area contributed by atoms with Crippen molar-refractivity contribution in [3.8, 4) is 0 Å². The average molecular weight is 419 g/mol. The number of aromatic nitrogens is 1. The monoisotopic (exact) mass is 418 g/mol. The molecule has 0 bridgehead atoms. The molecule has 1 atom stereocenters. The first-order valence-electron chi connectivity index (χ1n) is 11.1. The molecule has 0 radical (unpaired) electrons. The van der Waals surface area contributed by atoms with Crippen LogP contribution in [0.25, 0.3) is 0 Å². The van der Waals surface area contributed by atoms with E-state index in [1.54, 1.807) is 7.11 Å². The number of carbonyl (C=O) groups is 1. The first kappa shape index (κ1) is 22.8. The maximum absolute atomic E-state index is 13.6. The lowest BCUT2D eigenvalue weighted by Gasteiger charge is -2.28. The van der Waals surface area contributed by atoms with Crippen LogP contribution in [0.4, 0.5) is 0 Å². The van der Waals surface area contributed by atoms with Gasteiger partial charge in [-0.3, -0.25) is 4.79 Å². The van der Waals surface area contributed by atoms with E-state index in [-0.39, 0.29) is 11.8 Å². The van der Waals surface area contributed by atoms with Gasteiger partial charge in [0.1, 0.15) is 0 Å². The van der Waals surface area contributed by atoms with Gasteiger partial charge in [-0.2, -0.15) is 0 Å². The largest absolute Gasteiger partial charge is 0.385 e. The number of amides is 1. The lowest BCUT2D eigenvalue weighted by atomic mass is 9.95. The summed E-state index contributed by atoms with van der Waals surface area (Å²) in [6.45, 7) is 6.98. The third kappa shape index (κ3) is 6.08.